The van der Waals surface area contributed by atoms with Crippen LogP contribution in [0.3, 0.4) is 0 Å². The van der Waals surface area contributed by atoms with Crippen molar-refractivity contribution in [3.05, 3.63) is 0 Å². The quantitative estimate of drug-likeness (QED) is 0.0898. The summed E-state index contributed by atoms with van der Waals surface area (Å²) in [5.41, 5.74) is 5.47. The molecule has 0 rings (SSSR count). The van der Waals surface area contributed by atoms with Crippen LogP contribution in [-0.4, -0.2) is 65.7 Å². The van der Waals surface area contributed by atoms with Gasteiger partial charge < -0.3 is 32.0 Å². The van der Waals surface area contributed by atoms with Crippen LogP contribution in [0.5, 0.6) is 0 Å². The Morgan fingerprint density at radius 3 is 1.81 bits per heavy atom. The van der Waals surface area contributed by atoms with Gasteiger partial charge in [0, 0.05) is 12.8 Å². The van der Waals surface area contributed by atoms with Crippen LogP contribution in [0.4, 0.5) is 0 Å². The van der Waals surface area contributed by atoms with E-state index in [1.807, 2.05) is 0 Å². The molecular weight excluding hydrogens is 417 g/mol. The van der Waals surface area contributed by atoms with Crippen LogP contribution in [0.15, 0.2) is 0 Å². The Labute approximate surface area is 209 Å². The summed E-state index contributed by atoms with van der Waals surface area (Å²) in [6.45, 7) is 2.89. The zero-order valence-corrected chi connectivity index (χ0v) is 21.4. The summed E-state index contributed by atoms with van der Waals surface area (Å²) >= 11 is 0. The van der Waals surface area contributed by atoms with Gasteiger partial charge in [-0.3, -0.25) is 9.59 Å². The average Bonchev–Trinajstić information content (AvgIpc) is 2.71. The third-order valence-corrected chi connectivity index (χ3v) is 4.14. The van der Waals surface area contributed by atoms with Gasteiger partial charge in [-0.25, -0.2) is 4.79 Å². The topological polar surface area (TPSA) is 156 Å². The molecule has 0 amide bonds. The van der Waals surface area contributed by atoms with E-state index < -0.39 is 23.9 Å². The van der Waals surface area contributed by atoms with Crippen molar-refractivity contribution in [2.24, 2.45) is 5.73 Å². The van der Waals surface area contributed by atoms with Gasteiger partial charge in [0.25, 0.3) is 0 Å². The van der Waals surface area contributed by atoms with Crippen molar-refractivity contribution in [3.63, 3.8) is 0 Å². The number of ether oxygens (including phenoxy) is 2. The second-order valence-corrected chi connectivity index (χ2v) is 6.97. The monoisotopic (exact) mass is 459 g/mol. The number of hydrogen-bond acceptors (Lipinski definition) is 8. The molecule has 0 aromatic rings. The van der Waals surface area contributed by atoms with Crippen LogP contribution in [0, 0.1) is 0 Å². The van der Waals surface area contributed by atoms with Gasteiger partial charge in [-0.15, -0.1) is 0 Å². The summed E-state index contributed by atoms with van der Waals surface area (Å²) in [4.78, 5) is 33.3. The molecule has 0 heterocycles. The smallest absolute Gasteiger partial charge is 1.00 e. The Hall–Kier alpha value is -0.550. The van der Waals surface area contributed by atoms with Gasteiger partial charge in [-0.05, 0) is 12.8 Å². The molecule has 0 bridgehead atoms. The Kier molecular flexibility index (Phi) is 31.1. The average molecular weight is 460 g/mol. The van der Waals surface area contributed by atoms with E-state index in [1.54, 1.807) is 0 Å². The molecule has 0 unspecified atom stereocenters. The minimum atomic E-state index is -1.06. The Morgan fingerprint density at radius 2 is 1.35 bits per heavy atom. The van der Waals surface area contributed by atoms with Gasteiger partial charge in [0.15, 0.2) is 0 Å². The standard InChI is InChI=1S/C17H31NO5.C4H10O3.Na.H/c1-2-3-4-5-6-7-8-9-10-11-16(21)23-17(22)14(18)12-13-15(19)20;5-1-3-7-4-2-6;;/h14H,2-13,18H2,1H3,(H,19,20);5-6H,1-4H2;;/q;;+1;-1/t14-;;;/m0.../s1. The third-order valence-electron chi connectivity index (χ3n) is 4.14. The van der Waals surface area contributed by atoms with Gasteiger partial charge in [0.2, 0.25) is 0 Å². The number of carboxylic acids is 1. The van der Waals surface area contributed by atoms with Crippen LogP contribution >= 0.6 is 0 Å². The summed E-state index contributed by atoms with van der Waals surface area (Å²) in [5, 5.41) is 24.7. The number of aliphatic hydroxyl groups excluding tert-OH is 2. The molecule has 1 atom stereocenters. The van der Waals surface area contributed by atoms with Crippen LogP contribution in [-0.2, 0) is 23.9 Å². The minimum Gasteiger partial charge on any atom is -1.00 e. The van der Waals surface area contributed by atoms with Crippen molar-refractivity contribution in [2.75, 3.05) is 26.4 Å². The molecule has 5 N–H and O–H groups in total. The van der Waals surface area contributed by atoms with Gasteiger partial charge in [0.05, 0.1) is 26.4 Å². The van der Waals surface area contributed by atoms with E-state index in [-0.39, 0.29) is 63.5 Å². The second-order valence-electron chi connectivity index (χ2n) is 6.97. The van der Waals surface area contributed by atoms with Crippen LogP contribution in [0.1, 0.15) is 85.4 Å². The number of carbonyl (C=O) groups excluding carboxylic acids is 2. The molecule has 9 nitrogen and oxygen atoms in total. The molecule has 180 valence electrons. The summed E-state index contributed by atoms with van der Waals surface area (Å²) in [6.07, 6.45) is 10.2. The fourth-order valence-electron chi connectivity index (χ4n) is 2.45. The fourth-order valence-corrected chi connectivity index (χ4v) is 2.45. The van der Waals surface area contributed by atoms with E-state index in [0.29, 0.717) is 19.6 Å². The maximum Gasteiger partial charge on any atom is 1.00 e. The van der Waals surface area contributed by atoms with Crippen LogP contribution in [0.25, 0.3) is 0 Å². The van der Waals surface area contributed by atoms with Gasteiger partial charge >= 0.3 is 47.5 Å². The van der Waals surface area contributed by atoms with Gasteiger partial charge in [0.1, 0.15) is 6.04 Å². The van der Waals surface area contributed by atoms with Crippen molar-refractivity contribution in [1.82, 2.24) is 0 Å². The molecule has 0 fully saturated rings. The molecule has 0 saturated carbocycles. The first-order valence-corrected chi connectivity index (χ1v) is 10.9. The number of esters is 2. The number of carbonyl (C=O) groups is 3. The number of aliphatic hydroxyl groups is 2. The number of nitrogens with two attached hydrogens (primary N) is 1. The van der Waals surface area contributed by atoms with E-state index in [2.05, 4.69) is 16.4 Å². The molecule has 0 aliphatic carbocycles. The SMILES string of the molecule is CCCCCCCCCCCC(=O)OC(=O)[C@@H](N)CCC(=O)O.OCCOCCO.[H-].[Na+]. The molecule has 0 aliphatic rings. The Bertz CT molecular complexity index is 440. The number of hydrogen-bond donors (Lipinski definition) is 4. The maximum atomic E-state index is 11.5. The molecule has 0 saturated heterocycles. The van der Waals surface area contributed by atoms with E-state index in [0.717, 1.165) is 12.8 Å². The largest absolute Gasteiger partial charge is 1.00 e. The minimum absolute atomic E-state index is 0. The number of aliphatic carboxylic acids is 1. The first-order valence-electron chi connectivity index (χ1n) is 10.9. The zero-order chi connectivity index (χ0) is 23.0. The molecule has 0 spiro atoms. The van der Waals surface area contributed by atoms with Crippen molar-refractivity contribution >= 4 is 17.9 Å². The molecule has 10 heteroatoms. The van der Waals surface area contributed by atoms with Crippen LogP contribution in [0.2, 0.25) is 0 Å². The second kappa shape index (κ2) is 27.5. The summed E-state index contributed by atoms with van der Waals surface area (Å²) in [5.74, 6) is -2.45. The molecular formula is C21H42NNaO8. The molecule has 0 aromatic heterocycles. The summed E-state index contributed by atoms with van der Waals surface area (Å²) < 4.78 is 9.25. The van der Waals surface area contributed by atoms with Gasteiger partial charge in [-0.1, -0.05) is 58.3 Å². The predicted octanol–water partition coefficient (Wildman–Crippen LogP) is -0.727. The zero-order valence-electron chi connectivity index (χ0n) is 20.4. The maximum absolute atomic E-state index is 11.5. The molecule has 0 radical (unpaired) electrons. The Balaban J connectivity index is -0.000000376. The molecule has 31 heavy (non-hydrogen) atoms. The van der Waals surface area contributed by atoms with Gasteiger partial charge in [-0.2, -0.15) is 0 Å². The van der Waals surface area contributed by atoms with E-state index in [1.165, 1.54) is 38.5 Å². The summed E-state index contributed by atoms with van der Waals surface area (Å²) in [6, 6.07) is -1.06. The third kappa shape index (κ3) is 29.4. The normalized spacial score (nSPS) is 11.0. The number of carboxylic acid groups (broad SMARTS) is 1. The van der Waals surface area contributed by atoms with Crippen molar-refractivity contribution in [3.8, 4) is 0 Å². The van der Waals surface area contributed by atoms with E-state index >= 15 is 0 Å². The first kappa shape index (κ1) is 35.0. The fraction of sp³-hybridized carbons (Fsp3) is 0.857. The van der Waals surface area contributed by atoms with E-state index in [9.17, 15) is 14.4 Å². The van der Waals surface area contributed by atoms with Crippen LogP contribution < -0.4 is 35.3 Å². The van der Waals surface area contributed by atoms with Crippen molar-refractivity contribution in [2.45, 2.75) is 90.0 Å². The Morgan fingerprint density at radius 1 is 0.871 bits per heavy atom. The first-order chi connectivity index (χ1) is 14.4. The molecule has 0 aromatic carbocycles. The number of unbranched alkanes of at least 4 members (excludes halogenated alkanes) is 8. The van der Waals surface area contributed by atoms with E-state index in [4.69, 9.17) is 21.1 Å². The molecule has 0 aliphatic heterocycles. The summed E-state index contributed by atoms with van der Waals surface area (Å²) in [7, 11) is 0. The predicted molar refractivity (Wildman–Crippen MR) is 114 cm³/mol. The number of rotatable bonds is 18. The van der Waals surface area contributed by atoms with Crippen molar-refractivity contribution in [1.29, 1.82) is 0 Å². The van der Waals surface area contributed by atoms with Crippen molar-refractivity contribution < 1.29 is 70.2 Å².